The van der Waals surface area contributed by atoms with Crippen molar-refractivity contribution in [3.8, 4) is 28.5 Å². The van der Waals surface area contributed by atoms with Crippen molar-refractivity contribution in [2.75, 3.05) is 39.8 Å². The molecule has 0 radical (unpaired) electrons. The van der Waals surface area contributed by atoms with Gasteiger partial charge in [-0.15, -0.1) is 11.3 Å². The minimum absolute atomic E-state index is 0.280. The molecule has 0 unspecified atom stereocenters. The molecule has 0 aliphatic heterocycles. The van der Waals surface area contributed by atoms with Crippen LogP contribution >= 0.6 is 11.3 Å². The molecule has 0 spiro atoms. The summed E-state index contributed by atoms with van der Waals surface area (Å²) in [6.45, 7) is -0.929. The Balaban J connectivity index is 1.50. The van der Waals surface area contributed by atoms with Crippen LogP contribution in [0.3, 0.4) is 0 Å². The van der Waals surface area contributed by atoms with E-state index in [4.69, 9.17) is 18.9 Å². The fourth-order valence-electron chi connectivity index (χ4n) is 2.90. The Morgan fingerprint density at radius 3 is 2.47 bits per heavy atom. The van der Waals surface area contributed by atoms with Crippen LogP contribution in [0.4, 0.5) is 5.13 Å². The number of thiazole rings is 1. The lowest BCUT2D eigenvalue weighted by molar-refractivity contribution is -0.146. The molecule has 34 heavy (non-hydrogen) atoms. The van der Waals surface area contributed by atoms with Gasteiger partial charge in [0.15, 0.2) is 11.7 Å². The maximum atomic E-state index is 12.2. The second kappa shape index (κ2) is 11.7. The van der Waals surface area contributed by atoms with Crippen molar-refractivity contribution in [1.29, 1.82) is 0 Å². The molecule has 0 fully saturated rings. The Kier molecular flexibility index (Phi) is 8.41. The molecule has 0 atom stereocenters. The van der Waals surface area contributed by atoms with Crippen molar-refractivity contribution in [2.24, 2.45) is 0 Å². The average Bonchev–Trinajstić information content (AvgIpc) is 3.33. The number of para-hydroxylation sites is 1. The number of ether oxygens (including phenoxy) is 4. The summed E-state index contributed by atoms with van der Waals surface area (Å²) in [5, 5.41) is 7.09. The summed E-state index contributed by atoms with van der Waals surface area (Å²) in [5.41, 5.74) is 1.57. The highest BCUT2D eigenvalue weighted by Gasteiger charge is 2.16. The molecule has 2 N–H and O–H groups in total. The number of methoxy groups -OCH3 is 3. The summed E-state index contributed by atoms with van der Waals surface area (Å²) < 4.78 is 20.6. The van der Waals surface area contributed by atoms with Gasteiger partial charge in [-0.3, -0.25) is 19.7 Å². The smallest absolute Gasteiger partial charge is 0.325 e. The predicted molar refractivity (Wildman–Crippen MR) is 126 cm³/mol. The van der Waals surface area contributed by atoms with Crippen molar-refractivity contribution in [3.63, 3.8) is 0 Å². The van der Waals surface area contributed by atoms with E-state index >= 15 is 0 Å². The summed E-state index contributed by atoms with van der Waals surface area (Å²) in [7, 11) is 4.55. The van der Waals surface area contributed by atoms with Crippen LogP contribution in [0.25, 0.3) is 11.3 Å². The number of hydrogen-bond donors (Lipinski definition) is 2. The van der Waals surface area contributed by atoms with E-state index in [0.29, 0.717) is 33.6 Å². The second-order valence-corrected chi connectivity index (χ2v) is 7.55. The second-order valence-electron chi connectivity index (χ2n) is 6.70. The molecule has 3 rings (SSSR count). The van der Waals surface area contributed by atoms with E-state index in [0.717, 1.165) is 0 Å². The summed E-state index contributed by atoms with van der Waals surface area (Å²) >= 11 is 1.21. The number of nitrogens with one attached hydrogen (secondary N) is 2. The standard InChI is InChI=1S/C23H23N3O7S/c1-30-14-8-9-19(32-3)16(10-14)17-13-34-23(25-17)26-20(27)12-33-21(28)11-24-22(29)15-6-4-5-7-18(15)31-2/h4-10,13H,11-12H2,1-3H3,(H,24,29)(H,25,26,27). The van der Waals surface area contributed by atoms with Crippen LogP contribution in [0.2, 0.25) is 0 Å². The number of carbonyl (C=O) groups excluding carboxylic acids is 3. The largest absolute Gasteiger partial charge is 0.497 e. The minimum atomic E-state index is -0.764. The fourth-order valence-corrected chi connectivity index (χ4v) is 3.63. The van der Waals surface area contributed by atoms with E-state index in [1.165, 1.54) is 18.4 Å². The number of carbonyl (C=O) groups is 3. The molecule has 0 bridgehead atoms. The fraction of sp³-hybridized carbons (Fsp3) is 0.217. The van der Waals surface area contributed by atoms with Crippen LogP contribution in [0.1, 0.15) is 10.4 Å². The molecule has 0 aliphatic rings. The van der Waals surface area contributed by atoms with E-state index < -0.39 is 30.9 Å². The molecule has 0 saturated heterocycles. The van der Waals surface area contributed by atoms with E-state index in [1.54, 1.807) is 62.1 Å². The Hall–Kier alpha value is -4.12. The van der Waals surface area contributed by atoms with E-state index in [1.807, 2.05) is 0 Å². The molecular weight excluding hydrogens is 462 g/mol. The van der Waals surface area contributed by atoms with Gasteiger partial charge in [-0.05, 0) is 30.3 Å². The Labute approximate surface area is 199 Å². The molecule has 1 heterocycles. The van der Waals surface area contributed by atoms with Gasteiger partial charge < -0.3 is 24.3 Å². The van der Waals surface area contributed by atoms with Crippen LogP contribution < -0.4 is 24.8 Å². The van der Waals surface area contributed by atoms with Crippen LogP contribution in [-0.2, 0) is 14.3 Å². The van der Waals surface area contributed by atoms with Gasteiger partial charge >= 0.3 is 5.97 Å². The van der Waals surface area contributed by atoms with Gasteiger partial charge in [-0.2, -0.15) is 0 Å². The highest BCUT2D eigenvalue weighted by atomic mass is 32.1. The highest BCUT2D eigenvalue weighted by molar-refractivity contribution is 7.14. The Morgan fingerprint density at radius 1 is 0.971 bits per heavy atom. The number of aromatic nitrogens is 1. The third-order valence-corrected chi connectivity index (χ3v) is 5.30. The minimum Gasteiger partial charge on any atom is -0.497 e. The van der Waals surface area contributed by atoms with Crippen LogP contribution in [0.5, 0.6) is 17.2 Å². The van der Waals surface area contributed by atoms with Crippen molar-refractivity contribution in [2.45, 2.75) is 0 Å². The van der Waals surface area contributed by atoms with Gasteiger partial charge in [0.2, 0.25) is 0 Å². The topological polar surface area (TPSA) is 125 Å². The van der Waals surface area contributed by atoms with E-state index in [-0.39, 0.29) is 5.56 Å². The number of anilines is 1. The van der Waals surface area contributed by atoms with Crippen molar-refractivity contribution >= 4 is 34.3 Å². The molecule has 2 aromatic carbocycles. The van der Waals surface area contributed by atoms with Gasteiger partial charge in [0.1, 0.15) is 23.8 Å². The molecule has 178 valence electrons. The Morgan fingerprint density at radius 2 is 1.74 bits per heavy atom. The number of esters is 1. The molecule has 2 amide bonds. The van der Waals surface area contributed by atoms with E-state index in [9.17, 15) is 14.4 Å². The lowest BCUT2D eigenvalue weighted by atomic mass is 10.1. The first-order valence-electron chi connectivity index (χ1n) is 9.99. The van der Waals surface area contributed by atoms with E-state index in [2.05, 4.69) is 15.6 Å². The summed E-state index contributed by atoms with van der Waals surface area (Å²) in [5.74, 6) is -0.210. The van der Waals surface area contributed by atoms with Crippen LogP contribution in [-0.4, -0.2) is 57.2 Å². The summed E-state index contributed by atoms with van der Waals surface area (Å²) in [6.07, 6.45) is 0. The predicted octanol–water partition coefficient (Wildman–Crippen LogP) is 2.75. The first-order valence-corrected chi connectivity index (χ1v) is 10.9. The van der Waals surface area contributed by atoms with Crippen LogP contribution in [0, 0.1) is 0 Å². The number of hydrogen-bond acceptors (Lipinski definition) is 9. The molecule has 1 aromatic heterocycles. The number of benzene rings is 2. The average molecular weight is 486 g/mol. The van der Waals surface area contributed by atoms with Gasteiger partial charge in [-0.1, -0.05) is 12.1 Å². The lowest BCUT2D eigenvalue weighted by Gasteiger charge is -2.09. The third kappa shape index (κ3) is 6.23. The first kappa shape index (κ1) is 24.5. The molecular formula is C23H23N3O7S. The third-order valence-electron chi connectivity index (χ3n) is 4.54. The summed E-state index contributed by atoms with van der Waals surface area (Å²) in [6, 6.07) is 11.9. The van der Waals surface area contributed by atoms with Crippen LogP contribution in [0.15, 0.2) is 47.8 Å². The monoisotopic (exact) mass is 485 g/mol. The maximum absolute atomic E-state index is 12.2. The molecule has 0 saturated carbocycles. The van der Waals surface area contributed by atoms with Crippen molar-refractivity contribution in [3.05, 3.63) is 53.4 Å². The van der Waals surface area contributed by atoms with Crippen molar-refractivity contribution < 1.29 is 33.3 Å². The number of nitrogens with zero attached hydrogens (tertiary/aromatic N) is 1. The normalized spacial score (nSPS) is 10.2. The molecule has 3 aromatic rings. The van der Waals surface area contributed by atoms with Gasteiger partial charge in [0, 0.05) is 10.9 Å². The lowest BCUT2D eigenvalue weighted by Crippen LogP contribution is -2.32. The Bertz CT molecular complexity index is 1180. The van der Waals surface area contributed by atoms with Gasteiger partial charge in [0.25, 0.3) is 11.8 Å². The number of amides is 2. The zero-order valence-corrected chi connectivity index (χ0v) is 19.6. The van der Waals surface area contributed by atoms with Crippen molar-refractivity contribution in [1.82, 2.24) is 10.3 Å². The molecule has 11 heteroatoms. The van der Waals surface area contributed by atoms with Gasteiger partial charge in [-0.25, -0.2) is 4.98 Å². The summed E-state index contributed by atoms with van der Waals surface area (Å²) in [4.78, 5) is 40.7. The zero-order valence-electron chi connectivity index (χ0n) is 18.7. The highest BCUT2D eigenvalue weighted by Crippen LogP contribution is 2.35. The first-order chi connectivity index (χ1) is 16.4. The number of rotatable bonds is 10. The SMILES string of the molecule is COc1ccc(OC)c(-c2csc(NC(=O)COC(=O)CNC(=O)c3ccccc3OC)n2)c1. The molecule has 10 nitrogen and oxygen atoms in total. The maximum Gasteiger partial charge on any atom is 0.325 e. The molecule has 0 aliphatic carbocycles. The zero-order chi connectivity index (χ0) is 24.5. The van der Waals surface area contributed by atoms with Gasteiger partial charge in [0.05, 0.1) is 32.6 Å². The quantitative estimate of drug-likeness (QED) is 0.420.